The molecule has 3 heterocycles. The van der Waals surface area contributed by atoms with Crippen molar-refractivity contribution in [2.45, 2.75) is 19.5 Å². The summed E-state index contributed by atoms with van der Waals surface area (Å²) in [5.74, 6) is 0.0366. The number of pyridine rings is 1. The number of aryl methyl sites for hydroxylation is 2. The lowest BCUT2D eigenvalue weighted by Gasteiger charge is -2.36. The summed E-state index contributed by atoms with van der Waals surface area (Å²) in [6.07, 6.45) is -1.96. The van der Waals surface area contributed by atoms with Crippen LogP contribution in [0.1, 0.15) is 22.5 Å². The zero-order valence-electron chi connectivity index (χ0n) is 21.2. The minimum absolute atomic E-state index is 0.212. The van der Waals surface area contributed by atoms with Crippen LogP contribution in [0.4, 0.5) is 24.5 Å². The summed E-state index contributed by atoms with van der Waals surface area (Å²) < 4.78 is 44.6. The Labute approximate surface area is 213 Å². The van der Waals surface area contributed by atoms with Gasteiger partial charge in [-0.25, -0.2) is 4.98 Å². The molecule has 0 spiro atoms. The number of hydrogen-bond donors (Lipinski definition) is 2. The zero-order valence-corrected chi connectivity index (χ0v) is 21.2. The van der Waals surface area contributed by atoms with Gasteiger partial charge in [-0.05, 0) is 32.0 Å². The lowest BCUT2D eigenvalue weighted by Crippen LogP contribution is -2.47. The second kappa shape index (κ2) is 11.2. The van der Waals surface area contributed by atoms with E-state index in [0.717, 1.165) is 42.8 Å². The van der Waals surface area contributed by atoms with Gasteiger partial charge in [-0.1, -0.05) is 12.1 Å². The first kappa shape index (κ1) is 26.5. The Morgan fingerprint density at radius 1 is 1.16 bits per heavy atom. The average Bonchev–Trinajstić information content (AvgIpc) is 3.18. The molecule has 0 unspecified atom stereocenters. The van der Waals surface area contributed by atoms with Crippen LogP contribution in [0.5, 0.6) is 5.75 Å². The van der Waals surface area contributed by atoms with Crippen LogP contribution < -0.4 is 20.3 Å². The molecule has 1 aromatic carbocycles. The number of hydrogen-bond acceptors (Lipinski definition) is 7. The van der Waals surface area contributed by atoms with E-state index in [2.05, 4.69) is 30.5 Å². The summed E-state index contributed by atoms with van der Waals surface area (Å²) in [5, 5.41) is 11.4. The van der Waals surface area contributed by atoms with E-state index in [0.29, 0.717) is 36.5 Å². The molecule has 1 amide bonds. The third-order valence-corrected chi connectivity index (χ3v) is 6.42. The highest BCUT2D eigenvalue weighted by molar-refractivity contribution is 6.07. The number of piperazine rings is 1. The number of carbonyl (C=O) groups excluding carboxylic acids is 1. The van der Waals surface area contributed by atoms with E-state index >= 15 is 0 Å². The minimum atomic E-state index is -4.38. The molecule has 2 aromatic heterocycles. The van der Waals surface area contributed by atoms with E-state index in [1.807, 2.05) is 14.0 Å². The molecule has 1 aliphatic rings. The van der Waals surface area contributed by atoms with Gasteiger partial charge in [-0.2, -0.15) is 18.3 Å². The van der Waals surface area contributed by atoms with Crippen molar-refractivity contribution >= 4 is 28.3 Å². The van der Waals surface area contributed by atoms with Gasteiger partial charge in [0.15, 0.2) is 12.3 Å². The summed E-state index contributed by atoms with van der Waals surface area (Å²) in [5.41, 5.74) is 3.40. The van der Waals surface area contributed by atoms with Gasteiger partial charge in [0.05, 0.1) is 28.0 Å². The number of nitrogens with zero attached hydrogens (tertiary/aromatic N) is 5. The number of alkyl halides is 3. The number of benzene rings is 1. The molecule has 0 aliphatic carbocycles. The Balaban J connectivity index is 1.32. The molecule has 37 heavy (non-hydrogen) atoms. The predicted octanol–water partition coefficient (Wildman–Crippen LogP) is 3.20. The number of ether oxygens (including phenoxy) is 1. The van der Waals surface area contributed by atoms with E-state index in [9.17, 15) is 18.0 Å². The van der Waals surface area contributed by atoms with Crippen LogP contribution in [-0.2, 0) is 7.05 Å². The number of fused-ring (bicyclic) bond motifs is 1. The number of anilines is 2. The van der Waals surface area contributed by atoms with Gasteiger partial charge < -0.3 is 20.3 Å². The molecule has 0 bridgehead atoms. The molecule has 0 saturated carbocycles. The molecule has 2 N–H and O–H groups in total. The Morgan fingerprint density at radius 3 is 2.59 bits per heavy atom. The van der Waals surface area contributed by atoms with Crippen molar-refractivity contribution in [3.63, 3.8) is 0 Å². The standard InChI is InChI=1S/C25H32F3N7O2/c1-17-21-22(18(24(36)29-2)15-31-23(21)33(3)32-17)30-9-6-10-34-11-13-35(14-12-34)19-7-4-5-8-20(19)37-16-25(26,27)28/h4-5,7-8,15H,6,9-14,16H2,1-3H3,(H,29,36)(H,30,31). The SMILES string of the molecule is CNC(=O)c1cnc2c(c(C)nn2C)c1NCCCN1CCN(c2ccccc2OCC(F)(F)F)CC1. The molecule has 1 fully saturated rings. The fourth-order valence-corrected chi connectivity index (χ4v) is 4.63. The lowest BCUT2D eigenvalue weighted by atomic mass is 10.1. The number of halogens is 3. The first-order valence-electron chi connectivity index (χ1n) is 12.2. The largest absolute Gasteiger partial charge is 0.482 e. The van der Waals surface area contributed by atoms with E-state index < -0.39 is 12.8 Å². The molecular weight excluding hydrogens is 487 g/mol. The van der Waals surface area contributed by atoms with Crippen molar-refractivity contribution in [1.82, 2.24) is 25.0 Å². The van der Waals surface area contributed by atoms with Gasteiger partial charge in [0.2, 0.25) is 0 Å². The van der Waals surface area contributed by atoms with Crippen LogP contribution in [0.3, 0.4) is 0 Å². The number of rotatable bonds is 9. The quantitative estimate of drug-likeness (QED) is 0.420. The summed E-state index contributed by atoms with van der Waals surface area (Å²) in [6.45, 7) is 5.07. The molecule has 12 heteroatoms. The maximum atomic E-state index is 12.6. The van der Waals surface area contributed by atoms with Gasteiger partial charge in [-0.15, -0.1) is 0 Å². The normalized spacial score (nSPS) is 14.7. The maximum absolute atomic E-state index is 12.6. The topological polar surface area (TPSA) is 87.5 Å². The van der Waals surface area contributed by atoms with Crippen LogP contribution in [0.25, 0.3) is 11.0 Å². The van der Waals surface area contributed by atoms with Crippen LogP contribution >= 0.6 is 0 Å². The third kappa shape index (κ3) is 6.24. The molecule has 3 aromatic rings. The van der Waals surface area contributed by atoms with Gasteiger partial charge in [0, 0.05) is 53.0 Å². The van der Waals surface area contributed by atoms with Crippen molar-refractivity contribution in [2.75, 3.05) is 63.1 Å². The Kier molecular flexibility index (Phi) is 8.06. The highest BCUT2D eigenvalue weighted by Crippen LogP contribution is 2.31. The van der Waals surface area contributed by atoms with Crippen LogP contribution in [0.2, 0.25) is 0 Å². The third-order valence-electron chi connectivity index (χ3n) is 6.42. The molecule has 0 radical (unpaired) electrons. The monoisotopic (exact) mass is 519 g/mol. The van der Waals surface area contributed by atoms with Crippen molar-refractivity contribution in [3.8, 4) is 5.75 Å². The van der Waals surface area contributed by atoms with Crippen LogP contribution in [0.15, 0.2) is 30.5 Å². The Hall–Kier alpha value is -3.54. The number of aromatic nitrogens is 3. The molecular formula is C25H32F3N7O2. The van der Waals surface area contributed by atoms with E-state index in [4.69, 9.17) is 4.74 Å². The molecule has 0 atom stereocenters. The zero-order chi connectivity index (χ0) is 26.6. The van der Waals surface area contributed by atoms with Crippen molar-refractivity contribution in [3.05, 3.63) is 41.7 Å². The van der Waals surface area contributed by atoms with Crippen molar-refractivity contribution in [1.29, 1.82) is 0 Å². The van der Waals surface area contributed by atoms with Crippen molar-refractivity contribution < 1.29 is 22.7 Å². The molecule has 1 aliphatic heterocycles. The van der Waals surface area contributed by atoms with Gasteiger partial charge in [0.25, 0.3) is 5.91 Å². The number of amides is 1. The predicted molar refractivity (Wildman–Crippen MR) is 136 cm³/mol. The fourth-order valence-electron chi connectivity index (χ4n) is 4.63. The fraction of sp³-hybridized carbons (Fsp3) is 0.480. The minimum Gasteiger partial charge on any atom is -0.482 e. The second-order valence-electron chi connectivity index (χ2n) is 9.01. The second-order valence-corrected chi connectivity index (χ2v) is 9.01. The average molecular weight is 520 g/mol. The summed E-state index contributed by atoms with van der Waals surface area (Å²) in [7, 11) is 3.42. The van der Waals surface area contributed by atoms with Crippen LogP contribution in [-0.4, -0.2) is 84.7 Å². The van der Waals surface area contributed by atoms with Gasteiger partial charge in [0.1, 0.15) is 5.75 Å². The maximum Gasteiger partial charge on any atom is 0.422 e. The van der Waals surface area contributed by atoms with Crippen LogP contribution in [0, 0.1) is 6.92 Å². The first-order valence-corrected chi connectivity index (χ1v) is 12.2. The number of nitrogens with one attached hydrogen (secondary N) is 2. The number of carbonyl (C=O) groups is 1. The number of para-hydroxylation sites is 2. The smallest absolute Gasteiger partial charge is 0.422 e. The summed E-state index contributed by atoms with van der Waals surface area (Å²) in [6, 6.07) is 6.86. The lowest BCUT2D eigenvalue weighted by molar-refractivity contribution is -0.153. The molecule has 4 rings (SSSR count). The van der Waals surface area contributed by atoms with E-state index in [1.54, 1.807) is 42.2 Å². The van der Waals surface area contributed by atoms with Gasteiger partial charge in [-0.3, -0.25) is 14.4 Å². The Morgan fingerprint density at radius 2 is 1.89 bits per heavy atom. The summed E-state index contributed by atoms with van der Waals surface area (Å²) in [4.78, 5) is 21.3. The highest BCUT2D eigenvalue weighted by Gasteiger charge is 2.29. The molecule has 9 nitrogen and oxygen atoms in total. The Bertz CT molecular complexity index is 1240. The van der Waals surface area contributed by atoms with E-state index in [-0.39, 0.29) is 11.7 Å². The van der Waals surface area contributed by atoms with E-state index in [1.165, 1.54) is 0 Å². The first-order chi connectivity index (χ1) is 17.7. The molecule has 200 valence electrons. The van der Waals surface area contributed by atoms with Gasteiger partial charge >= 0.3 is 6.18 Å². The molecule has 1 saturated heterocycles. The summed E-state index contributed by atoms with van der Waals surface area (Å²) >= 11 is 0. The van der Waals surface area contributed by atoms with Crippen molar-refractivity contribution in [2.24, 2.45) is 7.05 Å². The highest BCUT2D eigenvalue weighted by atomic mass is 19.4.